The van der Waals surface area contributed by atoms with Crippen molar-refractivity contribution >= 4 is 37.1 Å². The Morgan fingerprint density at radius 1 is 1.07 bits per heavy atom. The lowest BCUT2D eigenvalue weighted by Crippen LogP contribution is -2.47. The van der Waals surface area contributed by atoms with Gasteiger partial charge >= 0.3 is 0 Å². The van der Waals surface area contributed by atoms with Crippen molar-refractivity contribution in [3.8, 4) is 0 Å². The highest BCUT2D eigenvalue weighted by molar-refractivity contribution is 6.74. The van der Waals surface area contributed by atoms with E-state index in [2.05, 4.69) is 48.6 Å². The number of nitrogens with zero attached hydrogens (tertiary/aromatic N) is 4. The first-order valence-corrected chi connectivity index (χ1v) is 13.9. The maximum absolute atomic E-state index is 6.62. The number of nitrogen functional groups attached to an aromatic ring is 1. The van der Waals surface area contributed by atoms with Gasteiger partial charge in [-0.15, -0.1) is 0 Å². The van der Waals surface area contributed by atoms with Gasteiger partial charge in [0, 0.05) is 38.3 Å². The molecule has 2 N–H and O–H groups in total. The molecule has 30 heavy (non-hydrogen) atoms. The van der Waals surface area contributed by atoms with Gasteiger partial charge in [-0.1, -0.05) is 20.8 Å². The SMILES string of the molecule is CC(C)(C)[Si](C)(C)OC1CCN(c2nc3nc(N4CCOCC4)oc3cc2N)CC1. The number of fused-ring (bicyclic) bond motifs is 1. The molecule has 2 aromatic rings. The van der Waals surface area contributed by atoms with E-state index in [1.165, 1.54) is 0 Å². The number of pyridine rings is 1. The predicted molar refractivity (Wildman–Crippen MR) is 123 cm³/mol. The van der Waals surface area contributed by atoms with Crippen LogP contribution < -0.4 is 15.5 Å². The number of nitrogens with two attached hydrogens (primary N) is 1. The summed E-state index contributed by atoms with van der Waals surface area (Å²) in [6.45, 7) is 16.2. The van der Waals surface area contributed by atoms with Crippen LogP contribution in [0.5, 0.6) is 0 Å². The van der Waals surface area contributed by atoms with Gasteiger partial charge in [-0.2, -0.15) is 4.98 Å². The molecule has 0 saturated carbocycles. The van der Waals surface area contributed by atoms with Crippen LogP contribution in [0.3, 0.4) is 0 Å². The molecule has 8 nitrogen and oxygen atoms in total. The molecule has 0 atom stereocenters. The number of oxazole rings is 1. The van der Waals surface area contributed by atoms with Gasteiger partial charge in [0.15, 0.2) is 19.7 Å². The van der Waals surface area contributed by atoms with Gasteiger partial charge in [-0.3, -0.25) is 0 Å². The smallest absolute Gasteiger partial charge is 0.300 e. The Balaban J connectivity index is 1.45. The molecule has 2 aromatic heterocycles. The van der Waals surface area contributed by atoms with Crippen LogP contribution in [0.25, 0.3) is 11.2 Å². The second-order valence-corrected chi connectivity index (χ2v) is 14.6. The average molecular weight is 434 g/mol. The molecule has 2 fully saturated rings. The molecule has 9 heteroatoms. The summed E-state index contributed by atoms with van der Waals surface area (Å²) in [4.78, 5) is 13.7. The zero-order chi connectivity index (χ0) is 21.5. The minimum atomic E-state index is -1.75. The number of rotatable bonds is 4. The van der Waals surface area contributed by atoms with Crippen molar-refractivity contribution in [1.82, 2.24) is 9.97 Å². The van der Waals surface area contributed by atoms with E-state index >= 15 is 0 Å². The summed E-state index contributed by atoms with van der Waals surface area (Å²) in [5.41, 5.74) is 8.23. The van der Waals surface area contributed by atoms with E-state index in [-0.39, 0.29) is 5.04 Å². The third kappa shape index (κ3) is 4.28. The minimum Gasteiger partial charge on any atom is -0.422 e. The Kier molecular flexibility index (Phi) is 5.71. The third-order valence-corrected chi connectivity index (χ3v) is 11.2. The molecular weight excluding hydrogens is 398 g/mol. The number of anilines is 3. The van der Waals surface area contributed by atoms with Crippen LogP contribution >= 0.6 is 0 Å². The van der Waals surface area contributed by atoms with E-state index in [0.717, 1.165) is 44.8 Å². The molecule has 0 bridgehead atoms. The molecule has 0 unspecified atom stereocenters. The summed E-state index contributed by atoms with van der Waals surface area (Å²) < 4.78 is 17.9. The van der Waals surface area contributed by atoms with Crippen LogP contribution in [0.2, 0.25) is 18.1 Å². The summed E-state index contributed by atoms with van der Waals surface area (Å²) in [5, 5.41) is 0.228. The van der Waals surface area contributed by atoms with Crippen molar-refractivity contribution in [2.75, 3.05) is 54.9 Å². The number of aromatic nitrogens is 2. The van der Waals surface area contributed by atoms with Crippen molar-refractivity contribution in [2.45, 2.75) is 57.8 Å². The Hall–Kier alpha value is -1.84. The zero-order valence-electron chi connectivity index (χ0n) is 18.9. The van der Waals surface area contributed by atoms with Gasteiger partial charge in [0.05, 0.1) is 18.9 Å². The molecule has 4 rings (SSSR count). The van der Waals surface area contributed by atoms with Crippen LogP contribution in [0.15, 0.2) is 10.5 Å². The van der Waals surface area contributed by atoms with E-state index in [4.69, 9.17) is 24.3 Å². The molecule has 2 aliphatic rings. The van der Waals surface area contributed by atoms with E-state index in [1.54, 1.807) is 0 Å². The summed E-state index contributed by atoms with van der Waals surface area (Å²) in [6, 6.07) is 2.45. The molecule has 0 aliphatic carbocycles. The third-order valence-electron chi connectivity index (χ3n) is 6.67. The van der Waals surface area contributed by atoms with Crippen molar-refractivity contribution < 1.29 is 13.6 Å². The van der Waals surface area contributed by atoms with Crippen molar-refractivity contribution in [3.05, 3.63) is 6.07 Å². The molecular formula is C21H35N5O3Si. The second kappa shape index (κ2) is 8.01. The van der Waals surface area contributed by atoms with Crippen LogP contribution in [0, 0.1) is 0 Å². The van der Waals surface area contributed by atoms with E-state index in [1.807, 2.05) is 6.07 Å². The lowest BCUT2D eigenvalue weighted by atomic mass is 10.1. The van der Waals surface area contributed by atoms with Gasteiger partial charge in [-0.05, 0) is 31.0 Å². The Labute approximate surface area is 179 Å². The number of hydrogen-bond acceptors (Lipinski definition) is 8. The second-order valence-electron chi connectivity index (χ2n) is 9.88. The summed E-state index contributed by atoms with van der Waals surface area (Å²) in [5.74, 6) is 0.801. The number of piperidine rings is 1. The van der Waals surface area contributed by atoms with Crippen LogP contribution in [-0.2, 0) is 9.16 Å². The fourth-order valence-corrected chi connectivity index (χ4v) is 5.20. The summed E-state index contributed by atoms with van der Waals surface area (Å²) in [6.07, 6.45) is 2.29. The minimum absolute atomic E-state index is 0.228. The zero-order valence-corrected chi connectivity index (χ0v) is 19.9. The lowest BCUT2D eigenvalue weighted by Gasteiger charge is -2.42. The van der Waals surface area contributed by atoms with E-state index < -0.39 is 8.32 Å². The van der Waals surface area contributed by atoms with E-state index in [9.17, 15) is 0 Å². The first-order chi connectivity index (χ1) is 14.1. The fraction of sp³-hybridized carbons (Fsp3) is 0.714. The highest BCUT2D eigenvalue weighted by Crippen LogP contribution is 2.39. The lowest BCUT2D eigenvalue weighted by molar-refractivity contribution is 0.120. The van der Waals surface area contributed by atoms with Gasteiger partial charge in [-0.25, -0.2) is 4.98 Å². The van der Waals surface area contributed by atoms with Crippen LogP contribution in [-0.4, -0.2) is 63.8 Å². The standard InChI is InChI=1S/C21H35N5O3Si/c1-21(2,3)30(4,5)29-15-6-8-25(9-7-15)19-16(22)14-17-18(23-19)24-20(28-17)26-10-12-27-13-11-26/h14-15H,6-13,22H2,1-5H3. The van der Waals surface area contributed by atoms with Crippen molar-refractivity contribution in [2.24, 2.45) is 0 Å². The molecule has 2 saturated heterocycles. The first kappa shape index (κ1) is 21.4. The molecule has 2 aliphatic heterocycles. The highest BCUT2D eigenvalue weighted by Gasteiger charge is 2.39. The van der Waals surface area contributed by atoms with E-state index in [0.29, 0.717) is 42.2 Å². The van der Waals surface area contributed by atoms with Crippen LogP contribution in [0.4, 0.5) is 17.5 Å². The molecule has 166 valence electrons. The van der Waals surface area contributed by atoms with Crippen molar-refractivity contribution in [1.29, 1.82) is 0 Å². The fourth-order valence-electron chi connectivity index (χ4n) is 3.78. The molecule has 0 aromatic carbocycles. The molecule has 4 heterocycles. The topological polar surface area (TPSA) is 89.9 Å². The summed E-state index contributed by atoms with van der Waals surface area (Å²) >= 11 is 0. The maximum atomic E-state index is 6.62. The molecule has 0 radical (unpaired) electrons. The van der Waals surface area contributed by atoms with Gasteiger partial charge in [0.2, 0.25) is 5.65 Å². The predicted octanol–water partition coefficient (Wildman–Crippen LogP) is 3.63. The summed E-state index contributed by atoms with van der Waals surface area (Å²) in [7, 11) is -1.75. The van der Waals surface area contributed by atoms with Gasteiger partial charge in [0.25, 0.3) is 6.01 Å². The molecule has 0 spiro atoms. The Bertz CT molecular complexity index is 881. The van der Waals surface area contributed by atoms with Gasteiger partial charge in [0.1, 0.15) is 0 Å². The normalized spacial score (nSPS) is 19.6. The van der Waals surface area contributed by atoms with Gasteiger partial charge < -0.3 is 29.1 Å². The highest BCUT2D eigenvalue weighted by atomic mass is 28.4. The number of hydrogen-bond donors (Lipinski definition) is 1. The average Bonchev–Trinajstić information content (AvgIpc) is 3.10. The largest absolute Gasteiger partial charge is 0.422 e. The Morgan fingerprint density at radius 3 is 2.37 bits per heavy atom. The monoisotopic (exact) mass is 433 g/mol. The number of ether oxygens (including phenoxy) is 1. The van der Waals surface area contributed by atoms with Crippen LogP contribution in [0.1, 0.15) is 33.6 Å². The van der Waals surface area contributed by atoms with Crippen molar-refractivity contribution in [3.63, 3.8) is 0 Å². The number of morpholine rings is 1. The quantitative estimate of drug-likeness (QED) is 0.731. The maximum Gasteiger partial charge on any atom is 0.300 e. The first-order valence-electron chi connectivity index (χ1n) is 11.0. The molecule has 0 amide bonds. The Morgan fingerprint density at radius 2 is 1.73 bits per heavy atom.